The fourth-order valence-electron chi connectivity index (χ4n) is 3.47. The molecule has 1 aliphatic rings. The van der Waals surface area contributed by atoms with Crippen LogP contribution in [0.15, 0.2) is 48.5 Å². The molecule has 2 aromatic rings. The van der Waals surface area contributed by atoms with Gasteiger partial charge in [0, 0.05) is 11.1 Å². The SMILES string of the molecule is CN1CCCC1CCOc1ccccc1CCc1ccccc1Cl. The van der Waals surface area contributed by atoms with E-state index in [1.165, 1.54) is 30.5 Å². The molecule has 1 saturated heterocycles. The van der Waals surface area contributed by atoms with E-state index in [9.17, 15) is 0 Å². The summed E-state index contributed by atoms with van der Waals surface area (Å²) in [6.45, 7) is 2.01. The predicted octanol–water partition coefficient (Wildman–Crippen LogP) is 4.99. The summed E-state index contributed by atoms with van der Waals surface area (Å²) < 4.78 is 6.11. The topological polar surface area (TPSA) is 12.5 Å². The molecule has 1 fully saturated rings. The summed E-state index contributed by atoms with van der Waals surface area (Å²) >= 11 is 6.26. The van der Waals surface area contributed by atoms with Crippen molar-refractivity contribution in [3.8, 4) is 5.75 Å². The highest BCUT2D eigenvalue weighted by Crippen LogP contribution is 2.24. The summed E-state index contributed by atoms with van der Waals surface area (Å²) in [5, 5.41) is 0.847. The molecule has 24 heavy (non-hydrogen) atoms. The Bertz CT molecular complexity index is 658. The Morgan fingerprint density at radius 2 is 1.75 bits per heavy atom. The van der Waals surface area contributed by atoms with Crippen molar-refractivity contribution in [2.45, 2.75) is 38.1 Å². The van der Waals surface area contributed by atoms with Gasteiger partial charge in [0.05, 0.1) is 6.61 Å². The zero-order valence-corrected chi connectivity index (χ0v) is 15.1. The lowest BCUT2D eigenvalue weighted by atomic mass is 10.0. The lowest BCUT2D eigenvalue weighted by molar-refractivity contribution is 0.232. The standard InChI is InChI=1S/C21H26ClNO/c1-23-15-6-9-19(23)14-16-24-21-11-5-3-8-18(21)13-12-17-7-2-4-10-20(17)22/h2-5,7-8,10-11,19H,6,9,12-16H2,1H3. The molecule has 0 bridgehead atoms. The first-order valence-electron chi connectivity index (χ1n) is 8.88. The molecule has 0 N–H and O–H groups in total. The van der Waals surface area contributed by atoms with Crippen LogP contribution >= 0.6 is 11.6 Å². The van der Waals surface area contributed by atoms with Crippen LogP contribution < -0.4 is 4.74 Å². The molecular weight excluding hydrogens is 318 g/mol. The molecule has 1 atom stereocenters. The quantitative estimate of drug-likeness (QED) is 0.702. The van der Waals surface area contributed by atoms with Crippen molar-refractivity contribution in [1.29, 1.82) is 0 Å². The molecule has 1 heterocycles. The summed E-state index contributed by atoms with van der Waals surface area (Å²) in [7, 11) is 2.22. The van der Waals surface area contributed by atoms with Crippen molar-refractivity contribution in [3.63, 3.8) is 0 Å². The van der Waals surface area contributed by atoms with Gasteiger partial charge in [0.25, 0.3) is 0 Å². The van der Waals surface area contributed by atoms with Crippen LogP contribution in [-0.2, 0) is 12.8 Å². The van der Waals surface area contributed by atoms with Gasteiger partial charge in [-0.25, -0.2) is 0 Å². The maximum Gasteiger partial charge on any atom is 0.122 e. The molecule has 2 nitrogen and oxygen atoms in total. The summed E-state index contributed by atoms with van der Waals surface area (Å²) in [6, 6.07) is 17.1. The Kier molecular flexibility index (Phi) is 6.17. The Morgan fingerprint density at radius 1 is 1.04 bits per heavy atom. The number of nitrogens with zero attached hydrogens (tertiary/aromatic N) is 1. The molecule has 1 unspecified atom stereocenters. The number of hydrogen-bond donors (Lipinski definition) is 0. The lowest BCUT2D eigenvalue weighted by Gasteiger charge is -2.20. The van der Waals surface area contributed by atoms with E-state index in [0.717, 1.165) is 36.6 Å². The minimum absolute atomic E-state index is 0.681. The number of para-hydroxylation sites is 1. The second-order valence-electron chi connectivity index (χ2n) is 6.61. The molecule has 0 aromatic heterocycles. The summed E-state index contributed by atoms with van der Waals surface area (Å²) in [4.78, 5) is 2.45. The zero-order valence-electron chi connectivity index (χ0n) is 14.4. The van der Waals surface area contributed by atoms with Gasteiger partial charge in [0.1, 0.15) is 5.75 Å². The van der Waals surface area contributed by atoms with E-state index in [-0.39, 0.29) is 0 Å². The van der Waals surface area contributed by atoms with Crippen LogP contribution in [0, 0.1) is 0 Å². The number of likely N-dealkylation sites (tertiary alicyclic amines) is 1. The maximum atomic E-state index is 6.26. The lowest BCUT2D eigenvalue weighted by Crippen LogP contribution is -2.26. The van der Waals surface area contributed by atoms with Crippen LogP contribution in [0.5, 0.6) is 5.75 Å². The molecule has 0 amide bonds. The van der Waals surface area contributed by atoms with Crippen molar-refractivity contribution in [2.75, 3.05) is 20.2 Å². The van der Waals surface area contributed by atoms with Crippen LogP contribution in [0.1, 0.15) is 30.4 Å². The average Bonchev–Trinajstić information content (AvgIpc) is 3.00. The van der Waals surface area contributed by atoms with Crippen LogP contribution in [0.2, 0.25) is 5.02 Å². The van der Waals surface area contributed by atoms with Gasteiger partial charge in [-0.15, -0.1) is 0 Å². The zero-order chi connectivity index (χ0) is 16.8. The molecule has 0 radical (unpaired) electrons. The van der Waals surface area contributed by atoms with Crippen molar-refractivity contribution in [3.05, 3.63) is 64.7 Å². The Hall–Kier alpha value is -1.51. The minimum atomic E-state index is 0.681. The van der Waals surface area contributed by atoms with E-state index in [4.69, 9.17) is 16.3 Å². The van der Waals surface area contributed by atoms with Gasteiger partial charge in [-0.2, -0.15) is 0 Å². The number of halogens is 1. The van der Waals surface area contributed by atoms with Gasteiger partial charge >= 0.3 is 0 Å². The van der Waals surface area contributed by atoms with Gasteiger partial charge in [-0.3, -0.25) is 0 Å². The minimum Gasteiger partial charge on any atom is -0.493 e. The highest BCUT2D eigenvalue weighted by atomic mass is 35.5. The van der Waals surface area contributed by atoms with Crippen LogP contribution in [-0.4, -0.2) is 31.1 Å². The van der Waals surface area contributed by atoms with E-state index >= 15 is 0 Å². The predicted molar refractivity (Wildman–Crippen MR) is 101 cm³/mol. The van der Waals surface area contributed by atoms with E-state index < -0.39 is 0 Å². The first-order chi connectivity index (χ1) is 11.7. The summed E-state index contributed by atoms with van der Waals surface area (Å²) in [5.74, 6) is 1.02. The van der Waals surface area contributed by atoms with Crippen LogP contribution in [0.25, 0.3) is 0 Å². The van der Waals surface area contributed by atoms with Crippen LogP contribution in [0.3, 0.4) is 0 Å². The third-order valence-electron chi connectivity index (χ3n) is 4.97. The van der Waals surface area contributed by atoms with E-state index in [2.05, 4.69) is 42.3 Å². The molecule has 1 aliphatic heterocycles. The van der Waals surface area contributed by atoms with Gasteiger partial charge in [-0.05, 0) is 69.0 Å². The van der Waals surface area contributed by atoms with Crippen molar-refractivity contribution in [1.82, 2.24) is 4.90 Å². The maximum absolute atomic E-state index is 6.26. The highest BCUT2D eigenvalue weighted by Gasteiger charge is 2.20. The third-order valence-corrected chi connectivity index (χ3v) is 5.34. The molecule has 3 heteroatoms. The van der Waals surface area contributed by atoms with Crippen molar-refractivity contribution in [2.24, 2.45) is 0 Å². The second kappa shape index (κ2) is 8.55. The summed E-state index contributed by atoms with van der Waals surface area (Å²) in [6.07, 6.45) is 5.60. The number of rotatable bonds is 7. The van der Waals surface area contributed by atoms with Crippen LogP contribution in [0.4, 0.5) is 0 Å². The molecule has 2 aromatic carbocycles. The van der Waals surface area contributed by atoms with E-state index in [0.29, 0.717) is 6.04 Å². The Balaban J connectivity index is 1.55. The monoisotopic (exact) mass is 343 g/mol. The van der Waals surface area contributed by atoms with Gasteiger partial charge in [0.15, 0.2) is 0 Å². The first kappa shape index (κ1) is 17.3. The van der Waals surface area contributed by atoms with E-state index in [1.807, 2.05) is 18.2 Å². The fraction of sp³-hybridized carbons (Fsp3) is 0.429. The van der Waals surface area contributed by atoms with Crippen molar-refractivity contribution < 1.29 is 4.74 Å². The fourth-order valence-corrected chi connectivity index (χ4v) is 3.70. The molecule has 3 rings (SSSR count). The summed E-state index contributed by atoms with van der Waals surface area (Å²) in [5.41, 5.74) is 2.46. The Morgan fingerprint density at radius 3 is 2.50 bits per heavy atom. The first-order valence-corrected chi connectivity index (χ1v) is 9.26. The number of benzene rings is 2. The van der Waals surface area contributed by atoms with Gasteiger partial charge < -0.3 is 9.64 Å². The second-order valence-corrected chi connectivity index (χ2v) is 7.02. The molecule has 0 spiro atoms. The smallest absolute Gasteiger partial charge is 0.122 e. The normalized spacial score (nSPS) is 18.0. The van der Waals surface area contributed by atoms with E-state index in [1.54, 1.807) is 0 Å². The molecule has 0 saturated carbocycles. The number of hydrogen-bond acceptors (Lipinski definition) is 2. The average molecular weight is 344 g/mol. The molecular formula is C21H26ClNO. The highest BCUT2D eigenvalue weighted by molar-refractivity contribution is 6.31. The van der Waals surface area contributed by atoms with Gasteiger partial charge in [0.2, 0.25) is 0 Å². The third kappa shape index (κ3) is 4.52. The number of ether oxygens (including phenoxy) is 1. The molecule has 128 valence electrons. The number of aryl methyl sites for hydroxylation is 2. The molecule has 0 aliphatic carbocycles. The van der Waals surface area contributed by atoms with Crippen molar-refractivity contribution >= 4 is 11.6 Å². The largest absolute Gasteiger partial charge is 0.493 e. The Labute approximate surface area is 150 Å². The van der Waals surface area contributed by atoms with Gasteiger partial charge in [-0.1, -0.05) is 48.0 Å².